The van der Waals surface area contributed by atoms with Crippen LogP contribution in [0.5, 0.6) is 5.75 Å². The van der Waals surface area contributed by atoms with Gasteiger partial charge >= 0.3 is 5.97 Å². The number of carbonyl (C=O) groups is 1. The SMILES string of the molecule is CCC(=CCOc1cccc(N(CC)CC)c1)C(=O)OC. The molecule has 4 heteroatoms. The minimum absolute atomic E-state index is 0.294. The van der Waals surface area contributed by atoms with E-state index in [0.717, 1.165) is 24.5 Å². The first-order chi connectivity index (χ1) is 10.2. The number of ether oxygens (including phenoxy) is 2. The first-order valence-electron chi connectivity index (χ1n) is 7.41. The third-order valence-corrected chi connectivity index (χ3v) is 3.35. The maximum absolute atomic E-state index is 11.5. The fourth-order valence-electron chi connectivity index (χ4n) is 2.10. The van der Waals surface area contributed by atoms with Crippen molar-refractivity contribution in [3.05, 3.63) is 35.9 Å². The summed E-state index contributed by atoms with van der Waals surface area (Å²) in [5.74, 6) is 0.508. The van der Waals surface area contributed by atoms with Gasteiger partial charge in [0.1, 0.15) is 12.4 Å². The van der Waals surface area contributed by atoms with Crippen molar-refractivity contribution in [1.29, 1.82) is 0 Å². The van der Waals surface area contributed by atoms with Crippen molar-refractivity contribution in [1.82, 2.24) is 0 Å². The minimum Gasteiger partial charge on any atom is -0.489 e. The first-order valence-corrected chi connectivity index (χ1v) is 7.41. The van der Waals surface area contributed by atoms with Crippen LogP contribution in [0.4, 0.5) is 5.69 Å². The van der Waals surface area contributed by atoms with E-state index in [1.807, 2.05) is 25.1 Å². The molecule has 4 nitrogen and oxygen atoms in total. The fraction of sp³-hybridized carbons (Fsp3) is 0.471. The highest BCUT2D eigenvalue weighted by atomic mass is 16.5. The summed E-state index contributed by atoms with van der Waals surface area (Å²) in [6.07, 6.45) is 2.41. The number of rotatable bonds is 8. The summed E-state index contributed by atoms with van der Waals surface area (Å²) in [4.78, 5) is 13.7. The Bertz CT molecular complexity index is 479. The van der Waals surface area contributed by atoms with E-state index in [4.69, 9.17) is 9.47 Å². The monoisotopic (exact) mass is 291 g/mol. The van der Waals surface area contributed by atoms with Crippen molar-refractivity contribution in [2.45, 2.75) is 27.2 Å². The Labute approximate surface area is 127 Å². The first kappa shape index (κ1) is 17.1. The van der Waals surface area contributed by atoms with Crippen LogP contribution in [0, 0.1) is 0 Å². The third-order valence-electron chi connectivity index (χ3n) is 3.35. The van der Waals surface area contributed by atoms with E-state index in [2.05, 4.69) is 24.8 Å². The summed E-state index contributed by atoms with van der Waals surface area (Å²) in [7, 11) is 1.39. The van der Waals surface area contributed by atoms with E-state index in [1.54, 1.807) is 6.08 Å². The quantitative estimate of drug-likeness (QED) is 0.543. The summed E-state index contributed by atoms with van der Waals surface area (Å²) in [5, 5.41) is 0. The molecule has 0 spiro atoms. The predicted octanol–water partition coefficient (Wildman–Crippen LogP) is 3.42. The number of benzene rings is 1. The van der Waals surface area contributed by atoms with Crippen LogP contribution in [0.15, 0.2) is 35.9 Å². The second-order valence-electron chi connectivity index (χ2n) is 4.56. The number of hydrogen-bond donors (Lipinski definition) is 0. The molecule has 0 aliphatic carbocycles. The summed E-state index contributed by atoms with van der Waals surface area (Å²) < 4.78 is 10.4. The molecule has 0 fully saturated rings. The number of nitrogens with zero attached hydrogens (tertiary/aromatic N) is 1. The Morgan fingerprint density at radius 2 is 1.95 bits per heavy atom. The molecule has 0 saturated carbocycles. The lowest BCUT2D eigenvalue weighted by Crippen LogP contribution is -2.21. The lowest BCUT2D eigenvalue weighted by molar-refractivity contribution is -0.136. The highest BCUT2D eigenvalue weighted by Gasteiger charge is 2.06. The standard InChI is InChI=1S/C17H25NO3/c1-5-14(17(19)20-4)11-12-21-16-10-8-9-15(13-16)18(6-2)7-3/h8-11,13H,5-7,12H2,1-4H3. The molecular formula is C17H25NO3. The van der Waals surface area contributed by atoms with E-state index in [9.17, 15) is 4.79 Å². The van der Waals surface area contributed by atoms with Crippen molar-refractivity contribution in [2.24, 2.45) is 0 Å². The molecule has 0 atom stereocenters. The predicted molar refractivity (Wildman–Crippen MR) is 85.9 cm³/mol. The molecule has 0 N–H and O–H groups in total. The van der Waals surface area contributed by atoms with Gasteiger partial charge in [-0.2, -0.15) is 0 Å². The number of methoxy groups -OCH3 is 1. The van der Waals surface area contributed by atoms with Crippen LogP contribution in [-0.4, -0.2) is 32.8 Å². The average molecular weight is 291 g/mol. The Morgan fingerprint density at radius 1 is 1.24 bits per heavy atom. The third kappa shape index (κ3) is 5.14. The zero-order valence-corrected chi connectivity index (χ0v) is 13.4. The second kappa shape index (κ2) is 9.06. The molecule has 0 aliphatic rings. The molecule has 0 heterocycles. The maximum Gasteiger partial charge on any atom is 0.333 e. The van der Waals surface area contributed by atoms with Crippen LogP contribution in [0.25, 0.3) is 0 Å². The highest BCUT2D eigenvalue weighted by Crippen LogP contribution is 2.21. The molecule has 1 rings (SSSR count). The molecule has 0 amide bonds. The van der Waals surface area contributed by atoms with Gasteiger partial charge < -0.3 is 14.4 Å². The van der Waals surface area contributed by atoms with Crippen molar-refractivity contribution in [2.75, 3.05) is 31.7 Å². The second-order valence-corrected chi connectivity index (χ2v) is 4.56. The van der Waals surface area contributed by atoms with Crippen LogP contribution in [0.3, 0.4) is 0 Å². The van der Waals surface area contributed by atoms with Crippen LogP contribution >= 0.6 is 0 Å². The van der Waals surface area contributed by atoms with Gasteiger partial charge in [-0.15, -0.1) is 0 Å². The van der Waals surface area contributed by atoms with E-state index >= 15 is 0 Å². The largest absolute Gasteiger partial charge is 0.489 e. The molecule has 0 radical (unpaired) electrons. The summed E-state index contributed by atoms with van der Waals surface area (Å²) in [6, 6.07) is 7.99. The zero-order valence-electron chi connectivity index (χ0n) is 13.4. The lowest BCUT2D eigenvalue weighted by atomic mass is 10.2. The molecule has 0 bridgehead atoms. The molecule has 1 aromatic carbocycles. The maximum atomic E-state index is 11.5. The number of esters is 1. The Morgan fingerprint density at radius 3 is 2.52 bits per heavy atom. The smallest absolute Gasteiger partial charge is 0.333 e. The van der Waals surface area contributed by atoms with Crippen LogP contribution in [0.2, 0.25) is 0 Å². The molecule has 21 heavy (non-hydrogen) atoms. The molecule has 1 aromatic rings. The van der Waals surface area contributed by atoms with Crippen LogP contribution < -0.4 is 9.64 Å². The minimum atomic E-state index is -0.294. The lowest BCUT2D eigenvalue weighted by Gasteiger charge is -2.21. The van der Waals surface area contributed by atoms with Crippen LogP contribution in [0.1, 0.15) is 27.2 Å². The van der Waals surface area contributed by atoms with Gasteiger partial charge in [0.2, 0.25) is 0 Å². The Hall–Kier alpha value is -1.97. The van der Waals surface area contributed by atoms with Crippen LogP contribution in [-0.2, 0) is 9.53 Å². The zero-order chi connectivity index (χ0) is 15.7. The van der Waals surface area contributed by atoms with Gasteiger partial charge in [0.15, 0.2) is 0 Å². The fourth-order valence-corrected chi connectivity index (χ4v) is 2.10. The molecular weight excluding hydrogens is 266 g/mol. The van der Waals surface area contributed by atoms with Gasteiger partial charge in [0, 0.05) is 30.4 Å². The van der Waals surface area contributed by atoms with Gasteiger partial charge in [0.25, 0.3) is 0 Å². The molecule has 0 unspecified atom stereocenters. The van der Waals surface area contributed by atoms with E-state index in [0.29, 0.717) is 18.6 Å². The summed E-state index contributed by atoms with van der Waals surface area (Å²) >= 11 is 0. The van der Waals surface area contributed by atoms with Crippen molar-refractivity contribution in [3.63, 3.8) is 0 Å². The van der Waals surface area contributed by atoms with Gasteiger partial charge in [0.05, 0.1) is 7.11 Å². The van der Waals surface area contributed by atoms with Crippen molar-refractivity contribution >= 4 is 11.7 Å². The van der Waals surface area contributed by atoms with Crippen molar-refractivity contribution < 1.29 is 14.3 Å². The normalized spacial score (nSPS) is 11.1. The van der Waals surface area contributed by atoms with E-state index in [-0.39, 0.29) is 5.97 Å². The van der Waals surface area contributed by atoms with Gasteiger partial charge in [-0.25, -0.2) is 4.79 Å². The van der Waals surface area contributed by atoms with Crippen molar-refractivity contribution in [3.8, 4) is 5.75 Å². The Balaban J connectivity index is 2.69. The molecule has 0 aromatic heterocycles. The Kier molecular flexibility index (Phi) is 7.37. The van der Waals surface area contributed by atoms with Gasteiger partial charge in [-0.05, 0) is 38.5 Å². The molecule has 116 valence electrons. The number of hydrogen-bond acceptors (Lipinski definition) is 4. The average Bonchev–Trinajstić information content (AvgIpc) is 2.52. The van der Waals surface area contributed by atoms with Gasteiger partial charge in [-0.1, -0.05) is 13.0 Å². The molecule has 0 saturated heterocycles. The number of carbonyl (C=O) groups excluding carboxylic acids is 1. The summed E-state index contributed by atoms with van der Waals surface area (Å²) in [5.41, 5.74) is 1.78. The van der Waals surface area contributed by atoms with E-state index < -0.39 is 0 Å². The van der Waals surface area contributed by atoms with E-state index in [1.165, 1.54) is 7.11 Å². The van der Waals surface area contributed by atoms with Gasteiger partial charge in [-0.3, -0.25) is 0 Å². The summed E-state index contributed by atoms with van der Waals surface area (Å²) in [6.45, 7) is 8.46. The highest BCUT2D eigenvalue weighted by molar-refractivity contribution is 5.88. The molecule has 0 aliphatic heterocycles. The topological polar surface area (TPSA) is 38.8 Å². The number of anilines is 1.